The molecule has 1 aromatic heterocycles. The van der Waals surface area contributed by atoms with Crippen molar-refractivity contribution in [1.29, 1.82) is 0 Å². The fourth-order valence-corrected chi connectivity index (χ4v) is 5.63. The molecule has 0 radical (unpaired) electrons. The van der Waals surface area contributed by atoms with E-state index in [0.717, 1.165) is 39.0 Å². The van der Waals surface area contributed by atoms with E-state index in [1.807, 2.05) is 18.2 Å². The van der Waals surface area contributed by atoms with E-state index in [2.05, 4.69) is 42.2 Å². The summed E-state index contributed by atoms with van der Waals surface area (Å²) >= 11 is 0. The van der Waals surface area contributed by atoms with Gasteiger partial charge in [0.1, 0.15) is 0 Å². The fraction of sp³-hybridized carbons (Fsp3) is 0.214. The highest BCUT2D eigenvalue weighted by Crippen LogP contribution is 2.50. The van der Waals surface area contributed by atoms with Gasteiger partial charge in [0, 0.05) is 23.4 Å². The topological polar surface area (TPSA) is 103 Å². The van der Waals surface area contributed by atoms with Gasteiger partial charge in [0.05, 0.1) is 17.1 Å². The first kappa shape index (κ1) is 22.3. The standard InChI is InChI=1S/C28H25N4O4/c1-3-17-8-10-18(11-9-17)22-16-30-27(34)31(19-12-14-20(15-13-19)32(35)36)26(33)28(30,2)25-24(22)21-6-4-5-7-23(21)29-25/h4-15,22,29,35H,3,16H2,1-2H3/q-1/t22?,28-/m0/s1. The first-order valence-electron chi connectivity index (χ1n) is 12.0. The molecule has 3 aromatic carbocycles. The second kappa shape index (κ2) is 7.94. The van der Waals surface area contributed by atoms with Gasteiger partial charge in [-0.25, -0.2) is 9.69 Å². The molecule has 2 N–H and O–H groups in total. The highest BCUT2D eigenvalue weighted by Gasteiger charge is 2.60. The van der Waals surface area contributed by atoms with Crippen LogP contribution in [0, 0.1) is 5.21 Å². The van der Waals surface area contributed by atoms with Crippen molar-refractivity contribution in [3.63, 3.8) is 0 Å². The molecule has 0 spiro atoms. The Morgan fingerprint density at radius 3 is 2.42 bits per heavy atom. The maximum atomic E-state index is 14.0. The number of nitrogens with zero attached hydrogens (tertiary/aromatic N) is 3. The molecular formula is C28H25N4O4-. The molecule has 0 aliphatic carbocycles. The Morgan fingerprint density at radius 2 is 1.75 bits per heavy atom. The summed E-state index contributed by atoms with van der Waals surface area (Å²) in [6.07, 6.45) is 0.939. The van der Waals surface area contributed by atoms with Crippen LogP contribution in [0.25, 0.3) is 10.9 Å². The van der Waals surface area contributed by atoms with Crippen molar-refractivity contribution in [2.75, 3.05) is 16.7 Å². The summed E-state index contributed by atoms with van der Waals surface area (Å²) in [5.41, 5.74) is 4.13. The SMILES string of the molecule is CCc1ccc(C2CN3C(=O)N(c4ccc(N([O-])O)cc4)C(=O)[C@]3(C)c3[nH]c4ccccc4c32)cc1. The number of carbonyl (C=O) groups is 2. The number of fused-ring (bicyclic) bond motifs is 5. The largest absolute Gasteiger partial charge is 0.733 e. The number of H-pyrrole nitrogens is 1. The van der Waals surface area contributed by atoms with Gasteiger partial charge in [-0.1, -0.05) is 49.4 Å². The minimum absolute atomic E-state index is 0.00951. The van der Waals surface area contributed by atoms with Crippen LogP contribution < -0.4 is 10.1 Å². The number of nitrogens with one attached hydrogen (secondary N) is 1. The average molecular weight is 482 g/mol. The van der Waals surface area contributed by atoms with Crippen LogP contribution in [0.1, 0.15) is 42.1 Å². The Labute approximate surface area is 207 Å². The molecule has 0 bridgehead atoms. The van der Waals surface area contributed by atoms with Crippen molar-refractivity contribution in [2.45, 2.75) is 31.7 Å². The zero-order chi connectivity index (χ0) is 25.2. The first-order valence-corrected chi connectivity index (χ1v) is 12.0. The summed E-state index contributed by atoms with van der Waals surface area (Å²) in [4.78, 5) is 34.0. The fourth-order valence-electron chi connectivity index (χ4n) is 5.63. The molecule has 6 rings (SSSR count). The Kier molecular flexibility index (Phi) is 4.93. The van der Waals surface area contributed by atoms with Gasteiger partial charge in [0.25, 0.3) is 5.91 Å². The van der Waals surface area contributed by atoms with Gasteiger partial charge in [0.15, 0.2) is 5.54 Å². The molecule has 8 nitrogen and oxygen atoms in total. The van der Waals surface area contributed by atoms with Crippen LogP contribution in [0.4, 0.5) is 16.2 Å². The van der Waals surface area contributed by atoms with Crippen molar-refractivity contribution in [2.24, 2.45) is 0 Å². The monoisotopic (exact) mass is 481 g/mol. The third kappa shape index (κ3) is 3.01. The highest BCUT2D eigenvalue weighted by molar-refractivity contribution is 6.23. The van der Waals surface area contributed by atoms with E-state index in [9.17, 15) is 14.8 Å². The maximum absolute atomic E-state index is 14.0. The molecule has 4 aromatic rings. The van der Waals surface area contributed by atoms with Gasteiger partial charge in [-0.2, -0.15) is 0 Å². The molecule has 8 heteroatoms. The highest BCUT2D eigenvalue weighted by atomic mass is 16.8. The predicted octanol–water partition coefficient (Wildman–Crippen LogP) is 5.25. The third-order valence-electron chi connectivity index (χ3n) is 7.65. The van der Waals surface area contributed by atoms with Gasteiger partial charge in [-0.15, -0.1) is 0 Å². The van der Waals surface area contributed by atoms with Crippen molar-refractivity contribution in [3.8, 4) is 0 Å². The van der Waals surface area contributed by atoms with Crippen LogP contribution in [0.15, 0.2) is 72.8 Å². The summed E-state index contributed by atoms with van der Waals surface area (Å²) in [5.74, 6) is -0.478. The average Bonchev–Trinajstić information content (AvgIpc) is 3.38. The number of benzene rings is 3. The lowest BCUT2D eigenvalue weighted by Gasteiger charge is -2.40. The number of rotatable bonds is 4. The van der Waals surface area contributed by atoms with E-state index >= 15 is 0 Å². The summed E-state index contributed by atoms with van der Waals surface area (Å²) in [7, 11) is 0. The molecule has 182 valence electrons. The van der Waals surface area contributed by atoms with Crippen molar-refractivity contribution in [3.05, 3.63) is 100 Å². The number of para-hydroxylation sites is 1. The van der Waals surface area contributed by atoms with Crippen LogP contribution in [-0.2, 0) is 16.8 Å². The van der Waals surface area contributed by atoms with Crippen LogP contribution in [0.2, 0.25) is 0 Å². The second-order valence-electron chi connectivity index (χ2n) is 9.50. The summed E-state index contributed by atoms with van der Waals surface area (Å²) in [5, 5.41) is 21.2. The molecule has 1 saturated heterocycles. The van der Waals surface area contributed by atoms with Crippen molar-refractivity contribution in [1.82, 2.24) is 9.88 Å². The number of hydrogen-bond donors (Lipinski definition) is 2. The molecule has 2 atom stereocenters. The minimum Gasteiger partial charge on any atom is -0.733 e. The number of aryl methyl sites for hydroxylation is 1. The lowest BCUT2D eigenvalue weighted by Crippen LogP contribution is -2.50. The van der Waals surface area contributed by atoms with E-state index < -0.39 is 11.6 Å². The van der Waals surface area contributed by atoms with E-state index in [1.165, 1.54) is 29.8 Å². The molecule has 1 unspecified atom stereocenters. The first-order chi connectivity index (χ1) is 17.3. The molecule has 2 aliphatic rings. The molecule has 3 amide bonds. The Hall–Kier alpha value is -4.14. The van der Waals surface area contributed by atoms with Gasteiger partial charge in [-0.05, 0) is 60.4 Å². The van der Waals surface area contributed by atoms with E-state index in [-0.39, 0.29) is 22.7 Å². The zero-order valence-electron chi connectivity index (χ0n) is 19.9. The van der Waals surface area contributed by atoms with E-state index in [0.29, 0.717) is 12.2 Å². The van der Waals surface area contributed by atoms with Crippen LogP contribution >= 0.6 is 0 Å². The second-order valence-corrected chi connectivity index (χ2v) is 9.50. The number of hydrogen-bond acceptors (Lipinski definition) is 5. The normalized spacial score (nSPS) is 21.2. The lowest BCUT2D eigenvalue weighted by atomic mass is 9.78. The smallest absolute Gasteiger partial charge is 0.332 e. The van der Waals surface area contributed by atoms with Crippen LogP contribution in [0.5, 0.6) is 0 Å². The molecule has 2 aliphatic heterocycles. The lowest BCUT2D eigenvalue weighted by molar-refractivity contribution is -0.125. The summed E-state index contributed by atoms with van der Waals surface area (Å²) in [6, 6.07) is 21.7. The van der Waals surface area contributed by atoms with Crippen LogP contribution in [-0.4, -0.2) is 33.6 Å². The van der Waals surface area contributed by atoms with E-state index in [4.69, 9.17) is 5.21 Å². The number of urea groups is 1. The zero-order valence-corrected chi connectivity index (χ0v) is 19.9. The molecule has 3 heterocycles. The third-order valence-corrected chi connectivity index (χ3v) is 7.65. The summed E-state index contributed by atoms with van der Waals surface area (Å²) < 4.78 is 0. The van der Waals surface area contributed by atoms with Crippen LogP contribution in [0.3, 0.4) is 0 Å². The number of aromatic nitrogens is 1. The molecule has 0 saturated carbocycles. The number of carbonyl (C=O) groups excluding carboxylic acids is 2. The minimum atomic E-state index is -1.22. The van der Waals surface area contributed by atoms with Gasteiger partial charge < -0.3 is 20.3 Å². The van der Waals surface area contributed by atoms with Crippen molar-refractivity contribution >= 4 is 34.2 Å². The number of amides is 3. The molecular weight excluding hydrogens is 456 g/mol. The van der Waals surface area contributed by atoms with Gasteiger partial charge in [0.2, 0.25) is 0 Å². The van der Waals surface area contributed by atoms with Gasteiger partial charge >= 0.3 is 6.03 Å². The number of aromatic amines is 1. The Morgan fingerprint density at radius 1 is 1.06 bits per heavy atom. The Balaban J connectivity index is 1.51. The van der Waals surface area contributed by atoms with Gasteiger partial charge in [-0.3, -0.25) is 10.0 Å². The predicted molar refractivity (Wildman–Crippen MR) is 137 cm³/mol. The van der Waals surface area contributed by atoms with E-state index in [1.54, 1.807) is 11.8 Å². The molecule has 1 fully saturated rings. The quantitative estimate of drug-likeness (QED) is 0.306. The maximum Gasteiger partial charge on any atom is 0.332 e. The summed E-state index contributed by atoms with van der Waals surface area (Å²) in [6.45, 7) is 4.25. The Bertz CT molecular complexity index is 1490. The number of anilines is 2. The number of imide groups is 1. The molecule has 36 heavy (non-hydrogen) atoms. The van der Waals surface area contributed by atoms with Crippen molar-refractivity contribution < 1.29 is 14.8 Å².